The van der Waals surface area contributed by atoms with Gasteiger partial charge in [0.15, 0.2) is 0 Å². The van der Waals surface area contributed by atoms with Crippen LogP contribution >= 0.6 is 0 Å². The second-order valence-corrected chi connectivity index (χ2v) is 6.82. The first-order valence-corrected chi connectivity index (χ1v) is 8.84. The van der Waals surface area contributed by atoms with Gasteiger partial charge < -0.3 is 0 Å². The molecule has 0 nitrogen and oxygen atoms in total. The lowest BCUT2D eigenvalue weighted by atomic mass is 9.85. The Morgan fingerprint density at radius 1 is 0.700 bits per heavy atom. The summed E-state index contributed by atoms with van der Waals surface area (Å²) in [7, 11) is 0. The van der Waals surface area contributed by atoms with E-state index in [1.165, 1.54) is 81.8 Å². The number of hydrogen-bond acceptors (Lipinski definition) is 0. The number of hydrogen-bond donors (Lipinski definition) is 0. The largest absolute Gasteiger partial charge is 0.0590 e. The van der Waals surface area contributed by atoms with Gasteiger partial charge in [0.05, 0.1) is 0 Å². The van der Waals surface area contributed by atoms with Crippen LogP contribution in [-0.2, 0) is 0 Å². The van der Waals surface area contributed by atoms with Crippen molar-refractivity contribution in [1.29, 1.82) is 0 Å². The molecule has 0 bridgehead atoms. The first-order valence-electron chi connectivity index (χ1n) is 8.84. The summed E-state index contributed by atoms with van der Waals surface area (Å²) in [4.78, 5) is 0. The second-order valence-electron chi connectivity index (χ2n) is 6.82. The van der Waals surface area contributed by atoms with Gasteiger partial charge in [-0.05, 0) is 43.7 Å². The van der Waals surface area contributed by atoms with E-state index in [-0.39, 0.29) is 0 Å². The quantitative estimate of drug-likeness (QED) is 0.534. The van der Waals surface area contributed by atoms with E-state index in [0.29, 0.717) is 0 Å². The van der Waals surface area contributed by atoms with Crippen molar-refractivity contribution in [3.63, 3.8) is 0 Å². The topological polar surface area (TPSA) is 0 Å². The molecule has 0 radical (unpaired) electrons. The average molecular weight is 272 g/mol. The third-order valence-electron chi connectivity index (χ3n) is 4.98. The molecule has 0 aliphatic heterocycles. The van der Waals surface area contributed by atoms with E-state index >= 15 is 0 Å². The van der Waals surface area contributed by atoms with Crippen LogP contribution in [0.25, 0.3) is 0 Å². The third kappa shape index (κ3) is 4.96. The molecule has 1 aliphatic carbocycles. The molecule has 1 aliphatic rings. The standard InChI is InChI=1S/C20H32/c1-17-14-15-18(2)20(16-17)19-12-10-8-6-4-3-5-7-9-11-13-19/h14-16,19H,3-13H2,1-2H3. The average Bonchev–Trinajstić information content (AvgIpc) is 2.42. The van der Waals surface area contributed by atoms with Crippen molar-refractivity contribution in [2.75, 3.05) is 0 Å². The van der Waals surface area contributed by atoms with E-state index in [0.717, 1.165) is 5.92 Å². The zero-order valence-corrected chi connectivity index (χ0v) is 13.6. The Kier molecular flexibility index (Phi) is 6.63. The molecule has 1 fully saturated rings. The van der Waals surface area contributed by atoms with Crippen LogP contribution in [0.15, 0.2) is 18.2 Å². The SMILES string of the molecule is Cc1ccc(C)c(C2CCCCCCCCCCC2)c1. The molecule has 1 saturated carbocycles. The highest BCUT2D eigenvalue weighted by Crippen LogP contribution is 2.32. The van der Waals surface area contributed by atoms with E-state index in [4.69, 9.17) is 0 Å². The lowest BCUT2D eigenvalue weighted by Crippen LogP contribution is -2.03. The van der Waals surface area contributed by atoms with Crippen LogP contribution in [-0.4, -0.2) is 0 Å². The van der Waals surface area contributed by atoms with E-state index in [1.807, 2.05) is 0 Å². The monoisotopic (exact) mass is 272 g/mol. The first kappa shape index (κ1) is 15.6. The normalized spacial score (nSPS) is 20.1. The Hall–Kier alpha value is -0.780. The molecule has 2 rings (SSSR count). The maximum Gasteiger partial charge on any atom is -0.0159 e. The van der Waals surface area contributed by atoms with Gasteiger partial charge in [0.1, 0.15) is 0 Å². The van der Waals surface area contributed by atoms with Crippen LogP contribution in [0, 0.1) is 13.8 Å². The summed E-state index contributed by atoms with van der Waals surface area (Å²) >= 11 is 0. The molecule has 1 aromatic rings. The van der Waals surface area contributed by atoms with E-state index in [9.17, 15) is 0 Å². The number of aryl methyl sites for hydroxylation is 2. The van der Waals surface area contributed by atoms with Crippen molar-refractivity contribution < 1.29 is 0 Å². The molecular weight excluding hydrogens is 240 g/mol. The van der Waals surface area contributed by atoms with Crippen LogP contribution in [0.2, 0.25) is 0 Å². The van der Waals surface area contributed by atoms with Crippen LogP contribution in [0.3, 0.4) is 0 Å². The smallest absolute Gasteiger partial charge is 0.0159 e. The Bertz CT molecular complexity index is 379. The molecule has 0 heteroatoms. The Morgan fingerprint density at radius 3 is 1.75 bits per heavy atom. The molecule has 1 aromatic carbocycles. The van der Waals surface area contributed by atoms with Gasteiger partial charge in [-0.25, -0.2) is 0 Å². The van der Waals surface area contributed by atoms with Crippen LogP contribution < -0.4 is 0 Å². The van der Waals surface area contributed by atoms with Gasteiger partial charge in [0.25, 0.3) is 0 Å². The number of benzene rings is 1. The molecule has 0 aromatic heterocycles. The Morgan fingerprint density at radius 2 is 1.20 bits per heavy atom. The van der Waals surface area contributed by atoms with Crippen molar-refractivity contribution in [3.05, 3.63) is 34.9 Å². The molecule has 0 atom stereocenters. The van der Waals surface area contributed by atoms with Crippen molar-refractivity contribution >= 4 is 0 Å². The van der Waals surface area contributed by atoms with E-state index < -0.39 is 0 Å². The molecule has 0 N–H and O–H groups in total. The van der Waals surface area contributed by atoms with Crippen molar-refractivity contribution in [2.45, 2.75) is 90.4 Å². The molecule has 0 heterocycles. The molecular formula is C20H32. The predicted molar refractivity (Wildman–Crippen MR) is 89.4 cm³/mol. The van der Waals surface area contributed by atoms with Gasteiger partial charge in [-0.15, -0.1) is 0 Å². The highest BCUT2D eigenvalue weighted by molar-refractivity contribution is 5.33. The summed E-state index contributed by atoms with van der Waals surface area (Å²) in [6, 6.07) is 7.03. The predicted octanol–water partition coefficient (Wildman–Crippen LogP) is 6.69. The maximum absolute atomic E-state index is 2.45. The highest BCUT2D eigenvalue weighted by atomic mass is 14.2. The van der Waals surface area contributed by atoms with Gasteiger partial charge >= 0.3 is 0 Å². The lowest BCUT2D eigenvalue weighted by Gasteiger charge is -2.21. The molecule has 20 heavy (non-hydrogen) atoms. The minimum Gasteiger partial charge on any atom is -0.0590 e. The van der Waals surface area contributed by atoms with E-state index in [2.05, 4.69) is 32.0 Å². The molecule has 112 valence electrons. The van der Waals surface area contributed by atoms with Gasteiger partial charge in [-0.3, -0.25) is 0 Å². The first-order chi connectivity index (χ1) is 9.77. The fourth-order valence-electron chi connectivity index (χ4n) is 3.67. The van der Waals surface area contributed by atoms with Crippen molar-refractivity contribution in [3.8, 4) is 0 Å². The van der Waals surface area contributed by atoms with Gasteiger partial charge in [0.2, 0.25) is 0 Å². The fourth-order valence-corrected chi connectivity index (χ4v) is 3.67. The lowest BCUT2D eigenvalue weighted by molar-refractivity contribution is 0.466. The molecule has 0 spiro atoms. The third-order valence-corrected chi connectivity index (χ3v) is 4.98. The maximum atomic E-state index is 2.45. The van der Waals surface area contributed by atoms with Gasteiger partial charge in [0, 0.05) is 0 Å². The number of rotatable bonds is 1. The minimum absolute atomic E-state index is 0.814. The zero-order chi connectivity index (χ0) is 14.2. The second kappa shape index (κ2) is 8.49. The van der Waals surface area contributed by atoms with Gasteiger partial charge in [-0.2, -0.15) is 0 Å². The molecule has 0 amide bonds. The van der Waals surface area contributed by atoms with Crippen LogP contribution in [0.1, 0.15) is 93.2 Å². The summed E-state index contributed by atoms with van der Waals surface area (Å²) in [5.74, 6) is 0.814. The summed E-state index contributed by atoms with van der Waals surface area (Å²) in [5, 5.41) is 0. The fraction of sp³-hybridized carbons (Fsp3) is 0.700. The van der Waals surface area contributed by atoms with Crippen molar-refractivity contribution in [2.24, 2.45) is 0 Å². The molecule has 0 saturated heterocycles. The van der Waals surface area contributed by atoms with Crippen molar-refractivity contribution in [1.82, 2.24) is 0 Å². The summed E-state index contributed by atoms with van der Waals surface area (Å²) in [6.07, 6.45) is 15.9. The molecule has 0 unspecified atom stereocenters. The summed E-state index contributed by atoms with van der Waals surface area (Å²) < 4.78 is 0. The summed E-state index contributed by atoms with van der Waals surface area (Å²) in [6.45, 7) is 4.53. The highest BCUT2D eigenvalue weighted by Gasteiger charge is 2.14. The van der Waals surface area contributed by atoms with Crippen LogP contribution in [0.4, 0.5) is 0 Å². The summed E-state index contributed by atoms with van der Waals surface area (Å²) in [5.41, 5.74) is 4.58. The minimum atomic E-state index is 0.814. The van der Waals surface area contributed by atoms with Crippen LogP contribution in [0.5, 0.6) is 0 Å². The zero-order valence-electron chi connectivity index (χ0n) is 13.6. The Balaban J connectivity index is 2.02. The van der Waals surface area contributed by atoms with Gasteiger partial charge in [-0.1, -0.05) is 81.5 Å². The Labute approximate surface area is 126 Å². The van der Waals surface area contributed by atoms with E-state index in [1.54, 1.807) is 5.56 Å².